The van der Waals surface area contributed by atoms with Crippen molar-refractivity contribution in [3.8, 4) is 17.8 Å². The molecular weight excluding hydrogens is 336 g/mol. The second-order valence-corrected chi connectivity index (χ2v) is 4.91. The van der Waals surface area contributed by atoms with Gasteiger partial charge < -0.3 is 15.0 Å². The molecule has 0 saturated carbocycles. The Morgan fingerprint density at radius 3 is 2.62 bits per heavy atom. The van der Waals surface area contributed by atoms with E-state index in [4.69, 9.17) is 21.0 Å². The molecule has 2 N–H and O–H groups in total. The summed E-state index contributed by atoms with van der Waals surface area (Å²) >= 11 is 3.34. The van der Waals surface area contributed by atoms with Gasteiger partial charge in [0, 0.05) is 10.7 Å². The molecule has 2 aromatic rings. The minimum Gasteiger partial charge on any atom is -0.464 e. The van der Waals surface area contributed by atoms with Crippen LogP contribution in [0.4, 0.5) is 5.69 Å². The topological polar surface area (TPSA) is 105 Å². The highest BCUT2D eigenvalue weighted by atomic mass is 79.9. The minimum absolute atomic E-state index is 0.0561. The lowest BCUT2D eigenvalue weighted by molar-refractivity contribution is 0.0593. The summed E-state index contributed by atoms with van der Waals surface area (Å²) in [5.41, 5.74) is 7.16. The number of ether oxygens (including phenoxy) is 1. The molecular formula is C14H9BrN4O2. The van der Waals surface area contributed by atoms with E-state index in [0.717, 1.165) is 0 Å². The normalized spacial score (nSPS) is 9.71. The van der Waals surface area contributed by atoms with Gasteiger partial charge in [-0.3, -0.25) is 0 Å². The van der Waals surface area contributed by atoms with Crippen LogP contribution in [0, 0.1) is 22.7 Å². The molecule has 104 valence electrons. The Balaban J connectivity index is 2.73. The van der Waals surface area contributed by atoms with Crippen LogP contribution in [0.3, 0.4) is 0 Å². The van der Waals surface area contributed by atoms with Gasteiger partial charge in [0.25, 0.3) is 0 Å². The molecule has 1 aromatic heterocycles. The Hall–Kier alpha value is -2.77. The summed E-state index contributed by atoms with van der Waals surface area (Å²) in [5, 5.41) is 17.9. The highest BCUT2D eigenvalue weighted by Crippen LogP contribution is 2.29. The van der Waals surface area contributed by atoms with E-state index in [1.54, 1.807) is 18.2 Å². The number of hydrogen-bond acceptors (Lipinski definition) is 5. The number of methoxy groups -OCH3 is 1. The lowest BCUT2D eigenvalue weighted by Crippen LogP contribution is -2.11. The van der Waals surface area contributed by atoms with Crippen molar-refractivity contribution in [2.45, 2.75) is 0 Å². The Kier molecular flexibility index (Phi) is 3.97. The van der Waals surface area contributed by atoms with E-state index in [-0.39, 0.29) is 16.9 Å². The predicted molar refractivity (Wildman–Crippen MR) is 78.7 cm³/mol. The van der Waals surface area contributed by atoms with Crippen molar-refractivity contribution in [2.24, 2.45) is 0 Å². The zero-order chi connectivity index (χ0) is 15.6. The number of halogens is 1. The van der Waals surface area contributed by atoms with Crippen LogP contribution in [0.2, 0.25) is 0 Å². The number of hydrogen-bond donors (Lipinski definition) is 1. The van der Waals surface area contributed by atoms with Gasteiger partial charge in [0.05, 0.1) is 35.7 Å². The van der Waals surface area contributed by atoms with Crippen LogP contribution >= 0.6 is 15.9 Å². The Morgan fingerprint density at radius 2 is 2.10 bits per heavy atom. The fourth-order valence-corrected chi connectivity index (χ4v) is 2.45. The molecule has 1 heterocycles. The van der Waals surface area contributed by atoms with Crippen LogP contribution in [-0.4, -0.2) is 17.6 Å². The van der Waals surface area contributed by atoms with Gasteiger partial charge in [-0.15, -0.1) is 0 Å². The van der Waals surface area contributed by atoms with E-state index in [1.165, 1.54) is 17.9 Å². The summed E-state index contributed by atoms with van der Waals surface area (Å²) in [5.74, 6) is -0.648. The molecule has 1 aromatic carbocycles. The van der Waals surface area contributed by atoms with Crippen LogP contribution in [0.5, 0.6) is 0 Å². The largest absolute Gasteiger partial charge is 0.464 e. The number of carbonyl (C=O) groups is 1. The number of anilines is 1. The number of nitrogens with two attached hydrogens (primary N) is 1. The average molecular weight is 345 g/mol. The lowest BCUT2D eigenvalue weighted by atomic mass is 10.2. The SMILES string of the molecule is COC(=O)c1c(N)c(C#N)cn1-c1ccc(C#N)cc1Br. The molecule has 0 radical (unpaired) electrons. The van der Waals surface area contributed by atoms with E-state index in [9.17, 15) is 4.79 Å². The van der Waals surface area contributed by atoms with E-state index < -0.39 is 5.97 Å². The van der Waals surface area contributed by atoms with Gasteiger partial charge >= 0.3 is 5.97 Å². The van der Waals surface area contributed by atoms with Crippen molar-refractivity contribution in [1.82, 2.24) is 4.57 Å². The van der Waals surface area contributed by atoms with Crippen molar-refractivity contribution in [2.75, 3.05) is 12.8 Å². The number of nitriles is 2. The van der Waals surface area contributed by atoms with Gasteiger partial charge in [-0.25, -0.2) is 4.79 Å². The van der Waals surface area contributed by atoms with Crippen LogP contribution in [0.1, 0.15) is 21.6 Å². The van der Waals surface area contributed by atoms with E-state index >= 15 is 0 Å². The van der Waals surface area contributed by atoms with Crippen LogP contribution in [0.25, 0.3) is 5.69 Å². The Bertz CT molecular complexity index is 812. The molecule has 0 atom stereocenters. The fourth-order valence-electron chi connectivity index (χ4n) is 1.88. The van der Waals surface area contributed by atoms with E-state index in [1.807, 2.05) is 12.1 Å². The number of benzene rings is 1. The molecule has 6 nitrogen and oxygen atoms in total. The first-order chi connectivity index (χ1) is 10.0. The zero-order valence-electron chi connectivity index (χ0n) is 10.9. The molecule has 0 aliphatic carbocycles. The summed E-state index contributed by atoms with van der Waals surface area (Å²) in [7, 11) is 1.24. The molecule has 2 rings (SSSR count). The standard InChI is InChI=1S/C14H9BrN4O2/c1-21-14(20)13-12(18)9(6-17)7-19(13)11-3-2-8(5-16)4-10(11)15/h2-4,7H,18H2,1H3. The maximum Gasteiger partial charge on any atom is 0.357 e. The zero-order valence-corrected chi connectivity index (χ0v) is 12.5. The van der Waals surface area contributed by atoms with Crippen LogP contribution in [0.15, 0.2) is 28.9 Å². The van der Waals surface area contributed by atoms with Gasteiger partial charge in [0.2, 0.25) is 0 Å². The summed E-state index contributed by atoms with van der Waals surface area (Å²) in [6.45, 7) is 0. The highest BCUT2D eigenvalue weighted by Gasteiger charge is 2.22. The maximum absolute atomic E-state index is 11.9. The molecule has 0 spiro atoms. The molecule has 0 bridgehead atoms. The monoisotopic (exact) mass is 344 g/mol. The summed E-state index contributed by atoms with van der Waals surface area (Å²) < 4.78 is 6.76. The number of carbonyl (C=O) groups excluding carboxylic acids is 1. The number of aromatic nitrogens is 1. The fraction of sp³-hybridized carbons (Fsp3) is 0.0714. The third-order valence-electron chi connectivity index (χ3n) is 2.88. The van der Waals surface area contributed by atoms with Crippen molar-refractivity contribution in [1.29, 1.82) is 10.5 Å². The molecule has 7 heteroatoms. The van der Waals surface area contributed by atoms with Crippen molar-refractivity contribution >= 4 is 27.6 Å². The first-order valence-corrected chi connectivity index (χ1v) is 6.52. The van der Waals surface area contributed by atoms with Crippen LogP contribution < -0.4 is 5.73 Å². The maximum atomic E-state index is 11.9. The van der Waals surface area contributed by atoms with Crippen molar-refractivity contribution in [3.63, 3.8) is 0 Å². The Labute approximate surface area is 129 Å². The Morgan fingerprint density at radius 1 is 1.38 bits per heavy atom. The van der Waals surface area contributed by atoms with E-state index in [2.05, 4.69) is 15.9 Å². The molecule has 0 aliphatic heterocycles. The van der Waals surface area contributed by atoms with Gasteiger partial charge in [0.1, 0.15) is 6.07 Å². The number of rotatable bonds is 2. The van der Waals surface area contributed by atoms with E-state index in [0.29, 0.717) is 15.7 Å². The smallest absolute Gasteiger partial charge is 0.357 e. The molecule has 0 saturated heterocycles. The third kappa shape index (κ3) is 2.47. The first-order valence-electron chi connectivity index (χ1n) is 5.72. The summed E-state index contributed by atoms with van der Waals surface area (Å²) in [6, 6.07) is 8.80. The predicted octanol–water partition coefficient (Wildman–Crippen LogP) is 2.35. The van der Waals surface area contributed by atoms with Crippen molar-refractivity contribution in [3.05, 3.63) is 45.7 Å². The quantitative estimate of drug-likeness (QED) is 0.841. The summed E-state index contributed by atoms with van der Waals surface area (Å²) in [6.07, 6.45) is 1.45. The molecule has 0 amide bonds. The second kappa shape index (κ2) is 5.70. The van der Waals surface area contributed by atoms with Crippen LogP contribution in [-0.2, 0) is 4.74 Å². The van der Waals surface area contributed by atoms with Gasteiger partial charge in [-0.2, -0.15) is 10.5 Å². The number of nitrogens with zero attached hydrogens (tertiary/aromatic N) is 3. The van der Waals surface area contributed by atoms with Gasteiger partial charge in [-0.05, 0) is 34.1 Å². The number of nitrogen functional groups attached to an aromatic ring is 1. The minimum atomic E-state index is -0.648. The molecule has 0 fully saturated rings. The highest BCUT2D eigenvalue weighted by molar-refractivity contribution is 9.10. The second-order valence-electron chi connectivity index (χ2n) is 4.06. The molecule has 21 heavy (non-hydrogen) atoms. The first kappa shape index (κ1) is 14.6. The third-order valence-corrected chi connectivity index (χ3v) is 3.52. The molecule has 0 aliphatic rings. The molecule has 0 unspecified atom stereocenters. The average Bonchev–Trinajstić information content (AvgIpc) is 2.82. The lowest BCUT2D eigenvalue weighted by Gasteiger charge is -2.10. The number of esters is 1. The van der Waals surface area contributed by atoms with Crippen molar-refractivity contribution < 1.29 is 9.53 Å². The van der Waals surface area contributed by atoms with Gasteiger partial charge in [0.15, 0.2) is 5.69 Å². The van der Waals surface area contributed by atoms with Gasteiger partial charge in [-0.1, -0.05) is 0 Å². The summed E-state index contributed by atoms with van der Waals surface area (Å²) in [4.78, 5) is 11.9.